The molecule has 0 bridgehead atoms. The normalized spacial score (nSPS) is 11.8. The summed E-state index contributed by atoms with van der Waals surface area (Å²) in [5.41, 5.74) is 6.71. The zero-order chi connectivity index (χ0) is 15.1. The molecule has 0 amide bonds. The van der Waals surface area contributed by atoms with Gasteiger partial charge < -0.3 is 5.73 Å². The molecule has 20 heavy (non-hydrogen) atoms. The Bertz CT molecular complexity index is 771. The number of aryl methyl sites for hydroxylation is 2. The molecule has 2 rings (SSSR count). The highest BCUT2D eigenvalue weighted by Gasteiger charge is 2.23. The number of nitrogens with two attached hydrogens (primary N) is 1. The Kier molecular flexibility index (Phi) is 3.88. The predicted molar refractivity (Wildman–Crippen MR) is 77.3 cm³/mol. The number of rotatable bonds is 3. The van der Waals surface area contributed by atoms with Gasteiger partial charge in [0.2, 0.25) is 0 Å². The van der Waals surface area contributed by atoms with E-state index in [2.05, 4.69) is 21.0 Å². The largest absolute Gasteiger partial charge is 0.398 e. The number of hydrogen-bond acceptors (Lipinski definition) is 4. The van der Waals surface area contributed by atoms with Gasteiger partial charge in [0.25, 0.3) is 0 Å². The highest BCUT2D eigenvalue weighted by molar-refractivity contribution is 9.10. The van der Waals surface area contributed by atoms with Gasteiger partial charge in [-0.1, -0.05) is 0 Å². The van der Waals surface area contributed by atoms with Crippen molar-refractivity contribution >= 4 is 31.5 Å². The summed E-state index contributed by atoms with van der Waals surface area (Å²) in [5, 5.41) is 4.14. The van der Waals surface area contributed by atoms with Crippen LogP contribution in [0.4, 0.5) is 10.1 Å². The average Bonchev–Trinajstić information content (AvgIpc) is 2.55. The molecule has 2 aromatic rings. The molecule has 0 fully saturated rings. The molecular weight excluding hydrogens is 349 g/mol. The van der Waals surface area contributed by atoms with Gasteiger partial charge in [-0.25, -0.2) is 12.8 Å². The van der Waals surface area contributed by atoms with Crippen molar-refractivity contribution in [2.45, 2.75) is 17.6 Å². The number of sulfone groups is 1. The first-order valence-corrected chi connectivity index (χ1v) is 8.12. The predicted octanol–water partition coefficient (Wildman–Crippen LogP) is 2.19. The number of halogens is 2. The molecule has 0 aliphatic rings. The standard InChI is InChI=1S/C12H13BrFN3O2S/c1-7-12(13)10(17(2)16-7)6-20(18,19)11-4-3-8(14)5-9(11)15/h3-5H,6,15H2,1-2H3. The summed E-state index contributed by atoms with van der Waals surface area (Å²) >= 11 is 3.32. The zero-order valence-electron chi connectivity index (χ0n) is 10.9. The minimum Gasteiger partial charge on any atom is -0.398 e. The minimum absolute atomic E-state index is 0.0790. The van der Waals surface area contributed by atoms with E-state index in [1.807, 2.05) is 0 Å². The van der Waals surface area contributed by atoms with Crippen molar-refractivity contribution in [3.63, 3.8) is 0 Å². The number of nitrogens with zero attached hydrogens (tertiary/aromatic N) is 2. The molecule has 0 atom stereocenters. The fraction of sp³-hybridized carbons (Fsp3) is 0.250. The fourth-order valence-corrected chi connectivity index (χ4v) is 4.10. The lowest BCUT2D eigenvalue weighted by Crippen LogP contribution is -2.11. The topological polar surface area (TPSA) is 78.0 Å². The molecule has 1 aromatic heterocycles. The first-order chi connectivity index (χ1) is 9.22. The van der Waals surface area contributed by atoms with Crippen LogP contribution >= 0.6 is 15.9 Å². The molecule has 0 radical (unpaired) electrons. The highest BCUT2D eigenvalue weighted by Crippen LogP contribution is 2.27. The summed E-state index contributed by atoms with van der Waals surface area (Å²) < 4.78 is 39.9. The molecule has 5 nitrogen and oxygen atoms in total. The molecule has 8 heteroatoms. The first kappa shape index (κ1) is 15.0. The Hall–Kier alpha value is -1.41. The maximum Gasteiger partial charge on any atom is 0.186 e. The van der Waals surface area contributed by atoms with Crippen molar-refractivity contribution < 1.29 is 12.8 Å². The highest BCUT2D eigenvalue weighted by atomic mass is 79.9. The lowest BCUT2D eigenvalue weighted by Gasteiger charge is -2.08. The van der Waals surface area contributed by atoms with Crippen LogP contribution in [0.3, 0.4) is 0 Å². The van der Waals surface area contributed by atoms with E-state index in [1.54, 1.807) is 14.0 Å². The van der Waals surface area contributed by atoms with Gasteiger partial charge in [0, 0.05) is 7.05 Å². The Morgan fingerprint density at radius 1 is 1.45 bits per heavy atom. The Morgan fingerprint density at radius 2 is 2.10 bits per heavy atom. The lowest BCUT2D eigenvalue weighted by molar-refractivity contribution is 0.591. The van der Waals surface area contributed by atoms with Crippen LogP contribution in [0.15, 0.2) is 27.6 Å². The van der Waals surface area contributed by atoms with Gasteiger partial charge in [-0.05, 0) is 41.1 Å². The molecule has 0 unspecified atom stereocenters. The van der Waals surface area contributed by atoms with Crippen LogP contribution < -0.4 is 5.73 Å². The van der Waals surface area contributed by atoms with E-state index < -0.39 is 15.7 Å². The van der Waals surface area contributed by atoms with Gasteiger partial charge in [0.1, 0.15) is 5.82 Å². The van der Waals surface area contributed by atoms with Gasteiger partial charge in [-0.15, -0.1) is 0 Å². The summed E-state index contributed by atoms with van der Waals surface area (Å²) in [4.78, 5) is -0.0790. The fourth-order valence-electron chi connectivity index (χ4n) is 1.90. The van der Waals surface area contributed by atoms with E-state index in [9.17, 15) is 12.8 Å². The SMILES string of the molecule is Cc1nn(C)c(CS(=O)(=O)c2ccc(F)cc2N)c1Br. The van der Waals surface area contributed by atoms with Gasteiger partial charge in [-0.2, -0.15) is 5.10 Å². The number of aromatic nitrogens is 2. The van der Waals surface area contributed by atoms with Gasteiger partial charge >= 0.3 is 0 Å². The second-order valence-electron chi connectivity index (χ2n) is 4.41. The quantitative estimate of drug-likeness (QED) is 0.671. The van der Waals surface area contributed by atoms with E-state index in [-0.39, 0.29) is 16.3 Å². The molecule has 0 saturated carbocycles. The van der Waals surface area contributed by atoms with Crippen molar-refractivity contribution in [1.29, 1.82) is 0 Å². The summed E-state index contributed by atoms with van der Waals surface area (Å²) in [6.07, 6.45) is 0. The third kappa shape index (κ3) is 2.71. The third-order valence-corrected chi connectivity index (χ3v) is 5.62. The molecule has 0 aliphatic carbocycles. The van der Waals surface area contributed by atoms with Crippen molar-refractivity contribution in [2.24, 2.45) is 7.05 Å². The van der Waals surface area contributed by atoms with Crippen LogP contribution in [0, 0.1) is 12.7 Å². The number of nitrogen functional groups attached to an aromatic ring is 1. The molecule has 0 saturated heterocycles. The van der Waals surface area contributed by atoms with E-state index in [1.165, 1.54) is 10.7 Å². The van der Waals surface area contributed by atoms with Crippen LogP contribution in [0.25, 0.3) is 0 Å². The summed E-state index contributed by atoms with van der Waals surface area (Å²) in [6.45, 7) is 1.77. The summed E-state index contributed by atoms with van der Waals surface area (Å²) in [5.74, 6) is -0.834. The average molecular weight is 362 g/mol. The summed E-state index contributed by atoms with van der Waals surface area (Å²) in [7, 11) is -2.01. The van der Waals surface area contributed by atoms with Crippen LogP contribution in [-0.2, 0) is 22.6 Å². The monoisotopic (exact) mass is 361 g/mol. The number of hydrogen-bond donors (Lipinski definition) is 1. The molecular formula is C12H13BrFN3O2S. The zero-order valence-corrected chi connectivity index (χ0v) is 13.3. The molecule has 0 spiro atoms. The number of benzene rings is 1. The second-order valence-corrected chi connectivity index (χ2v) is 7.16. The Balaban J connectivity index is 2.46. The van der Waals surface area contributed by atoms with Crippen molar-refractivity contribution in [1.82, 2.24) is 9.78 Å². The van der Waals surface area contributed by atoms with E-state index in [0.717, 1.165) is 12.1 Å². The molecule has 2 N–H and O–H groups in total. The second kappa shape index (κ2) is 5.17. The Morgan fingerprint density at radius 3 is 2.60 bits per heavy atom. The molecule has 0 aliphatic heterocycles. The van der Waals surface area contributed by atoms with Gasteiger partial charge in [-0.3, -0.25) is 4.68 Å². The van der Waals surface area contributed by atoms with E-state index in [0.29, 0.717) is 15.9 Å². The van der Waals surface area contributed by atoms with Gasteiger partial charge in [0.05, 0.1) is 32.2 Å². The first-order valence-electron chi connectivity index (χ1n) is 5.68. The Labute approximate surface area is 124 Å². The minimum atomic E-state index is -3.67. The van der Waals surface area contributed by atoms with Crippen LogP contribution in [0.1, 0.15) is 11.4 Å². The number of anilines is 1. The van der Waals surface area contributed by atoms with Crippen molar-refractivity contribution in [3.8, 4) is 0 Å². The van der Waals surface area contributed by atoms with Crippen LogP contribution in [0.5, 0.6) is 0 Å². The van der Waals surface area contributed by atoms with Crippen molar-refractivity contribution in [2.75, 3.05) is 5.73 Å². The molecule has 108 valence electrons. The summed E-state index contributed by atoms with van der Waals surface area (Å²) in [6, 6.07) is 3.25. The molecule has 1 heterocycles. The smallest absolute Gasteiger partial charge is 0.186 e. The van der Waals surface area contributed by atoms with Crippen molar-refractivity contribution in [3.05, 3.63) is 39.9 Å². The van der Waals surface area contributed by atoms with E-state index >= 15 is 0 Å². The van der Waals surface area contributed by atoms with E-state index in [4.69, 9.17) is 5.73 Å². The van der Waals surface area contributed by atoms with Crippen LogP contribution in [-0.4, -0.2) is 18.2 Å². The third-order valence-electron chi connectivity index (χ3n) is 2.90. The maximum absolute atomic E-state index is 13.0. The maximum atomic E-state index is 13.0. The van der Waals surface area contributed by atoms with Crippen LogP contribution in [0.2, 0.25) is 0 Å². The lowest BCUT2D eigenvalue weighted by atomic mass is 10.3. The van der Waals surface area contributed by atoms with Gasteiger partial charge in [0.15, 0.2) is 9.84 Å². The molecule has 1 aromatic carbocycles.